The van der Waals surface area contributed by atoms with Crippen molar-refractivity contribution in [2.75, 3.05) is 105 Å². The van der Waals surface area contributed by atoms with Gasteiger partial charge in [-0.3, -0.25) is 19.8 Å². The van der Waals surface area contributed by atoms with Crippen LogP contribution in [0.1, 0.15) is 71.6 Å². The van der Waals surface area contributed by atoms with Gasteiger partial charge in [0.15, 0.2) is 0 Å². The largest absolute Gasteiger partial charge is 0.314 e. The predicted molar refractivity (Wildman–Crippen MR) is 174 cm³/mol. The van der Waals surface area contributed by atoms with Crippen molar-refractivity contribution in [1.29, 1.82) is 0 Å². The molecular weight excluding hydrogens is 544 g/mol. The van der Waals surface area contributed by atoms with E-state index in [2.05, 4.69) is 55.1 Å². The molecule has 2 heterocycles. The maximum Gasteiger partial charge on any atom is 0.258 e. The molecule has 248 valence electrons. The molecule has 12 nitrogen and oxygen atoms in total. The van der Waals surface area contributed by atoms with Crippen LogP contribution in [0.25, 0.3) is 0 Å². The van der Waals surface area contributed by atoms with Crippen LogP contribution in [0.15, 0.2) is 10.2 Å². The van der Waals surface area contributed by atoms with Gasteiger partial charge in [-0.25, -0.2) is 9.59 Å². The molecule has 0 spiro atoms. The van der Waals surface area contributed by atoms with Crippen molar-refractivity contribution in [3.8, 4) is 0 Å². The first-order chi connectivity index (χ1) is 21.2. The van der Waals surface area contributed by atoms with Crippen LogP contribution < -0.4 is 21.3 Å². The van der Waals surface area contributed by atoms with Gasteiger partial charge in [0.25, 0.3) is 12.2 Å². The number of isocyanates is 2. The van der Waals surface area contributed by atoms with Crippen molar-refractivity contribution in [2.24, 2.45) is 10.2 Å². The normalized spacial score (nSPS) is 21.2. The molecule has 0 aromatic carbocycles. The lowest BCUT2D eigenvalue weighted by Crippen LogP contribution is -2.50. The second-order valence-corrected chi connectivity index (χ2v) is 11.9. The van der Waals surface area contributed by atoms with Crippen LogP contribution in [0, 0.1) is 0 Å². The minimum atomic E-state index is 0.450. The molecule has 2 saturated heterocycles. The Bertz CT molecular complexity index is 716. The third-order valence-electron chi connectivity index (χ3n) is 8.72. The topological polar surface area (TPSA) is 120 Å². The summed E-state index contributed by atoms with van der Waals surface area (Å²) in [6.45, 7) is 18.3. The summed E-state index contributed by atoms with van der Waals surface area (Å²) < 4.78 is 0. The molecule has 0 amide bonds. The van der Waals surface area contributed by atoms with Crippen LogP contribution in [0.3, 0.4) is 0 Å². The monoisotopic (exact) mass is 607 g/mol. The van der Waals surface area contributed by atoms with Gasteiger partial charge in [0.2, 0.25) is 0 Å². The fourth-order valence-corrected chi connectivity index (χ4v) is 6.17. The third kappa shape index (κ3) is 17.3. The Morgan fingerprint density at radius 2 is 0.930 bits per heavy atom. The SMILES string of the molecule is CCCCCC(CC(CCCCC)N1CCNCCNCCN(N=C=O)CC1)N1CCNCCNCCN(N=C=O)CC1. The van der Waals surface area contributed by atoms with E-state index in [1.807, 2.05) is 10.0 Å². The van der Waals surface area contributed by atoms with Crippen LogP contribution in [-0.2, 0) is 9.59 Å². The van der Waals surface area contributed by atoms with E-state index in [-0.39, 0.29) is 0 Å². The molecular formula is C31H62N10O2. The zero-order valence-corrected chi connectivity index (χ0v) is 27.3. The molecule has 2 fully saturated rings. The number of hydrogen-bond acceptors (Lipinski definition) is 12. The summed E-state index contributed by atoms with van der Waals surface area (Å²) in [6, 6.07) is 0.900. The Balaban J connectivity index is 2.28. The molecule has 12 heteroatoms. The second kappa shape index (κ2) is 25.4. The van der Waals surface area contributed by atoms with Gasteiger partial charge < -0.3 is 21.3 Å². The summed E-state index contributed by atoms with van der Waals surface area (Å²) in [5.74, 6) is 0. The lowest BCUT2D eigenvalue weighted by Gasteiger charge is -2.40. The molecule has 2 aliphatic rings. The summed E-state index contributed by atoms with van der Waals surface area (Å²) >= 11 is 0. The van der Waals surface area contributed by atoms with Crippen molar-refractivity contribution in [2.45, 2.75) is 83.7 Å². The lowest BCUT2D eigenvalue weighted by atomic mass is 9.94. The number of hydrazone groups is 2. The molecule has 0 saturated carbocycles. The number of carbonyl (C=O) groups excluding carboxylic acids is 2. The molecule has 0 radical (unpaired) electrons. The Morgan fingerprint density at radius 1 is 0.535 bits per heavy atom. The Labute approximate surface area is 261 Å². The molecule has 0 bridgehead atoms. The summed E-state index contributed by atoms with van der Waals surface area (Å²) in [7, 11) is 0. The van der Waals surface area contributed by atoms with E-state index in [4.69, 9.17) is 0 Å². The van der Waals surface area contributed by atoms with E-state index in [0.29, 0.717) is 25.2 Å². The highest BCUT2D eigenvalue weighted by Crippen LogP contribution is 2.22. The number of nitrogens with one attached hydrogen (secondary N) is 4. The molecule has 2 unspecified atom stereocenters. The van der Waals surface area contributed by atoms with Crippen molar-refractivity contribution >= 4 is 12.2 Å². The van der Waals surface area contributed by atoms with Crippen LogP contribution in [-0.4, -0.2) is 149 Å². The second-order valence-electron chi connectivity index (χ2n) is 11.9. The number of rotatable bonds is 14. The summed E-state index contributed by atoms with van der Waals surface area (Å²) in [4.78, 5) is 27.7. The van der Waals surface area contributed by atoms with E-state index in [0.717, 1.165) is 98.0 Å². The van der Waals surface area contributed by atoms with Crippen molar-refractivity contribution in [3.05, 3.63) is 0 Å². The maximum atomic E-state index is 11.2. The van der Waals surface area contributed by atoms with Crippen LogP contribution in [0.5, 0.6) is 0 Å². The molecule has 4 N–H and O–H groups in total. The van der Waals surface area contributed by atoms with E-state index in [1.54, 1.807) is 12.2 Å². The molecule has 2 aliphatic heterocycles. The number of hydrogen-bond donors (Lipinski definition) is 4. The fraction of sp³-hybridized carbons (Fsp3) is 0.935. The summed E-state index contributed by atoms with van der Waals surface area (Å²) in [5, 5.41) is 25.9. The smallest absolute Gasteiger partial charge is 0.258 e. The first kappa shape index (κ1) is 37.3. The summed E-state index contributed by atoms with van der Waals surface area (Å²) in [6.07, 6.45) is 14.4. The minimum absolute atomic E-state index is 0.450. The molecule has 2 rings (SSSR count). The van der Waals surface area contributed by atoms with Crippen molar-refractivity contribution < 1.29 is 9.59 Å². The third-order valence-corrected chi connectivity index (χ3v) is 8.72. The van der Waals surface area contributed by atoms with Gasteiger partial charge in [0.05, 0.1) is 0 Å². The highest BCUT2D eigenvalue weighted by Gasteiger charge is 2.27. The number of unbranched alkanes of at least 4 members (excludes halogenated alkanes) is 4. The van der Waals surface area contributed by atoms with Crippen LogP contribution >= 0.6 is 0 Å². The minimum Gasteiger partial charge on any atom is -0.314 e. The zero-order valence-electron chi connectivity index (χ0n) is 27.3. The maximum absolute atomic E-state index is 11.2. The van der Waals surface area contributed by atoms with Gasteiger partial charge in [-0.15, -0.1) is 0 Å². The van der Waals surface area contributed by atoms with E-state index in [9.17, 15) is 9.59 Å². The van der Waals surface area contributed by atoms with Gasteiger partial charge in [-0.2, -0.15) is 0 Å². The Morgan fingerprint density at radius 3 is 1.30 bits per heavy atom. The molecule has 2 atom stereocenters. The average molecular weight is 607 g/mol. The van der Waals surface area contributed by atoms with Crippen LogP contribution in [0.4, 0.5) is 0 Å². The van der Waals surface area contributed by atoms with Crippen LogP contribution in [0.2, 0.25) is 0 Å². The standard InChI is InChI=1S/C31H62N10O2/c1-3-5-7-9-30(38-19-15-32-11-13-34-17-21-40(25-23-38)36-28-42)27-31(10-8-6-4-2)39-20-16-33-12-14-35-18-22-41(26-24-39)37-29-43/h30-35H,3-27H2,1-2H3. The quantitative estimate of drug-likeness (QED) is 0.131. The molecule has 0 aromatic heterocycles. The molecule has 0 aliphatic carbocycles. The molecule has 43 heavy (non-hydrogen) atoms. The first-order valence-corrected chi connectivity index (χ1v) is 17.2. The van der Waals surface area contributed by atoms with Crippen molar-refractivity contribution in [1.82, 2.24) is 41.1 Å². The lowest BCUT2D eigenvalue weighted by molar-refractivity contribution is 0.0919. The first-order valence-electron chi connectivity index (χ1n) is 17.2. The van der Waals surface area contributed by atoms with Crippen molar-refractivity contribution in [3.63, 3.8) is 0 Å². The van der Waals surface area contributed by atoms with E-state index >= 15 is 0 Å². The van der Waals surface area contributed by atoms with Gasteiger partial charge >= 0.3 is 0 Å². The van der Waals surface area contributed by atoms with E-state index < -0.39 is 0 Å². The highest BCUT2D eigenvalue weighted by atomic mass is 16.1. The highest BCUT2D eigenvalue weighted by molar-refractivity contribution is 5.32. The summed E-state index contributed by atoms with van der Waals surface area (Å²) in [5.41, 5.74) is 0. The van der Waals surface area contributed by atoms with E-state index in [1.165, 1.54) is 51.4 Å². The fourth-order valence-electron chi connectivity index (χ4n) is 6.17. The predicted octanol–water partition coefficient (Wildman–Crippen LogP) is 1.37. The Kier molecular flexibility index (Phi) is 22.1. The van der Waals surface area contributed by atoms with Gasteiger partial charge in [0, 0.05) is 117 Å². The Hall–Kier alpha value is -1.88. The average Bonchev–Trinajstić information content (AvgIpc) is 2.99. The van der Waals surface area contributed by atoms with Gasteiger partial charge in [-0.1, -0.05) is 62.6 Å². The zero-order chi connectivity index (χ0) is 30.8. The van der Waals surface area contributed by atoms with Gasteiger partial charge in [-0.05, 0) is 19.3 Å². The molecule has 0 aromatic rings. The van der Waals surface area contributed by atoms with Gasteiger partial charge in [0.1, 0.15) is 0 Å². The number of nitrogens with zero attached hydrogens (tertiary/aromatic N) is 6.